The highest BCUT2D eigenvalue weighted by atomic mass is 32.2. The standard InChI is InChI=1S/C33H56N8O7S2/c1-33(2,3)48-31(46)24(14-13-22(42)19-36-34)38-30(45)23(37-28(44)20-41(4)5)11-8-9-16-35-27(43)15-18-49-17-10-6-7-12-26-29-25(21-50-26)39-32(47)40-29/h19,23-26,29H,6-18,20-21H2,1-5H3,(H,35,43)(H,37,44)(H,38,45)(H2,39,40,47)/t23-,24-,25-,26-,29-/m0/s1. The normalized spacial score (nSPS) is 19.3. The molecule has 2 rings (SSSR count). The lowest BCUT2D eigenvalue weighted by atomic mass is 10.0. The molecule has 5 amide bonds. The van der Waals surface area contributed by atoms with Gasteiger partial charge in [-0.25, -0.2) is 9.59 Å². The molecule has 50 heavy (non-hydrogen) atoms. The van der Waals surface area contributed by atoms with E-state index in [1.54, 1.807) is 51.5 Å². The number of hydrogen-bond donors (Lipinski definition) is 5. The summed E-state index contributed by atoms with van der Waals surface area (Å²) in [7, 11) is 3.45. The van der Waals surface area contributed by atoms with Gasteiger partial charge >= 0.3 is 18.2 Å². The number of fused-ring (bicyclic) bond motifs is 1. The Morgan fingerprint density at radius 3 is 2.46 bits per heavy atom. The monoisotopic (exact) mass is 740 g/mol. The minimum absolute atomic E-state index is 0.0351. The van der Waals surface area contributed by atoms with Gasteiger partial charge in [0.15, 0.2) is 0 Å². The zero-order valence-electron chi connectivity index (χ0n) is 30.1. The molecule has 0 radical (unpaired) electrons. The van der Waals surface area contributed by atoms with Crippen LogP contribution in [-0.4, -0.2) is 131 Å². The third kappa shape index (κ3) is 17.7. The summed E-state index contributed by atoms with van der Waals surface area (Å²) in [6.07, 6.45) is 6.70. The number of unbranched alkanes of at least 4 members (excludes halogenated alkanes) is 3. The van der Waals surface area contributed by atoms with Crippen molar-refractivity contribution in [2.75, 3.05) is 44.4 Å². The first kappa shape index (κ1) is 43.0. The number of ether oxygens (including phenoxy) is 1. The van der Waals surface area contributed by atoms with Crippen LogP contribution in [0, 0.1) is 0 Å². The molecule has 2 aliphatic heterocycles. The average Bonchev–Trinajstić information content (AvgIpc) is 3.57. The molecule has 2 fully saturated rings. The fourth-order valence-electron chi connectivity index (χ4n) is 5.53. The van der Waals surface area contributed by atoms with Gasteiger partial charge in [0.1, 0.15) is 17.7 Å². The minimum Gasteiger partial charge on any atom is -0.458 e. The fourth-order valence-corrected chi connectivity index (χ4v) is 8.02. The SMILES string of the molecule is CN(C)CC(=O)N[C@@H](CCCCNC(=O)CCSCCCCC[C@@H]1SC[C@@H]2NC(=O)N[C@@H]21)C(=O)N[C@@H](CCC(=O)C=[N+]=[N-])C(=O)OC(C)(C)C. The first-order valence-corrected chi connectivity index (χ1v) is 19.6. The first-order valence-electron chi connectivity index (χ1n) is 17.4. The molecule has 15 nitrogen and oxygen atoms in total. The van der Waals surface area contributed by atoms with Gasteiger partial charge < -0.3 is 41.8 Å². The van der Waals surface area contributed by atoms with E-state index < -0.39 is 35.3 Å². The molecule has 2 aliphatic rings. The number of ketones is 1. The number of thioether (sulfide) groups is 2. The second kappa shape index (κ2) is 22.6. The molecule has 5 atom stereocenters. The van der Waals surface area contributed by atoms with E-state index in [0.29, 0.717) is 31.1 Å². The van der Waals surface area contributed by atoms with Gasteiger partial charge in [-0.3, -0.25) is 19.2 Å². The van der Waals surface area contributed by atoms with Crippen LogP contribution in [0.3, 0.4) is 0 Å². The van der Waals surface area contributed by atoms with Crippen LogP contribution in [0.25, 0.3) is 5.53 Å². The number of likely N-dealkylation sites (N-methyl/N-ethyl adjacent to an activating group) is 1. The van der Waals surface area contributed by atoms with Crippen LogP contribution in [0.4, 0.5) is 4.79 Å². The number of rotatable bonds is 24. The van der Waals surface area contributed by atoms with Crippen LogP contribution in [0.15, 0.2) is 0 Å². The van der Waals surface area contributed by atoms with Gasteiger partial charge in [-0.05, 0) is 79.1 Å². The van der Waals surface area contributed by atoms with Crippen molar-refractivity contribution in [2.24, 2.45) is 0 Å². The number of urea groups is 1. The van der Waals surface area contributed by atoms with E-state index in [9.17, 15) is 28.8 Å². The zero-order valence-corrected chi connectivity index (χ0v) is 31.7. The number of nitrogens with zero attached hydrogens (tertiary/aromatic N) is 3. The van der Waals surface area contributed by atoms with E-state index in [-0.39, 0.29) is 55.7 Å². The largest absolute Gasteiger partial charge is 0.458 e. The third-order valence-corrected chi connectivity index (χ3v) is 10.5. The summed E-state index contributed by atoms with van der Waals surface area (Å²) in [6, 6.07) is -1.65. The van der Waals surface area contributed by atoms with Crippen molar-refractivity contribution in [3.63, 3.8) is 0 Å². The van der Waals surface area contributed by atoms with Gasteiger partial charge in [0, 0.05) is 36.1 Å². The number of carbonyl (C=O) groups excluding carboxylic acids is 6. The molecule has 17 heteroatoms. The Labute approximate surface area is 304 Å². The predicted molar refractivity (Wildman–Crippen MR) is 195 cm³/mol. The van der Waals surface area contributed by atoms with E-state index in [1.165, 1.54) is 0 Å². The van der Waals surface area contributed by atoms with Crippen LogP contribution in [0.5, 0.6) is 0 Å². The number of amides is 5. The molecule has 2 heterocycles. The van der Waals surface area contributed by atoms with Gasteiger partial charge in [0.25, 0.3) is 0 Å². The summed E-state index contributed by atoms with van der Waals surface area (Å²) >= 11 is 3.71. The van der Waals surface area contributed by atoms with E-state index in [0.717, 1.165) is 49.2 Å². The van der Waals surface area contributed by atoms with Crippen molar-refractivity contribution in [1.29, 1.82) is 0 Å². The van der Waals surface area contributed by atoms with Crippen molar-refractivity contribution in [3.05, 3.63) is 5.53 Å². The molecule has 0 bridgehead atoms. The van der Waals surface area contributed by atoms with Crippen LogP contribution >= 0.6 is 23.5 Å². The number of Topliss-reactive ketones (excluding diaryl/α,β-unsaturated/α-hetero) is 1. The molecule has 0 saturated carbocycles. The Kier molecular flexibility index (Phi) is 19.5. The zero-order chi connectivity index (χ0) is 37.1. The first-order chi connectivity index (χ1) is 23.7. The molecule has 0 aliphatic carbocycles. The van der Waals surface area contributed by atoms with Crippen LogP contribution in [0.1, 0.15) is 85.0 Å². The summed E-state index contributed by atoms with van der Waals surface area (Å²) in [5.41, 5.74) is 7.78. The minimum atomic E-state index is -1.16. The van der Waals surface area contributed by atoms with Gasteiger partial charge in [-0.15, -0.1) is 0 Å². The molecule has 0 unspecified atom stereocenters. The Bertz CT molecular complexity index is 1210. The second-order valence-electron chi connectivity index (χ2n) is 13.9. The Morgan fingerprint density at radius 1 is 1.00 bits per heavy atom. The van der Waals surface area contributed by atoms with Gasteiger partial charge in [0.2, 0.25) is 23.5 Å². The second-order valence-corrected chi connectivity index (χ2v) is 16.4. The Balaban J connectivity index is 1.71. The van der Waals surface area contributed by atoms with Crippen LogP contribution in [0.2, 0.25) is 0 Å². The Morgan fingerprint density at radius 2 is 1.76 bits per heavy atom. The quantitative estimate of drug-likeness (QED) is 0.0241. The molecular formula is C33H56N8O7S2. The third-order valence-electron chi connectivity index (χ3n) is 7.93. The number of nitrogens with one attached hydrogen (secondary N) is 5. The molecule has 0 spiro atoms. The molecule has 0 aromatic carbocycles. The lowest BCUT2D eigenvalue weighted by Gasteiger charge is -2.26. The Hall–Kier alpha value is -3.14. The van der Waals surface area contributed by atoms with E-state index >= 15 is 0 Å². The number of carbonyl (C=O) groups is 6. The van der Waals surface area contributed by atoms with Crippen molar-refractivity contribution < 1.29 is 38.3 Å². The smallest absolute Gasteiger partial charge is 0.329 e. The number of esters is 1. The molecular weight excluding hydrogens is 685 g/mol. The van der Waals surface area contributed by atoms with E-state index in [1.807, 2.05) is 11.8 Å². The van der Waals surface area contributed by atoms with Crippen molar-refractivity contribution in [1.82, 2.24) is 31.5 Å². The highest BCUT2D eigenvalue weighted by Crippen LogP contribution is 2.33. The highest BCUT2D eigenvalue weighted by molar-refractivity contribution is 8.00. The maximum Gasteiger partial charge on any atom is 0.329 e. The van der Waals surface area contributed by atoms with Gasteiger partial charge in [0.05, 0.1) is 18.6 Å². The lowest BCUT2D eigenvalue weighted by Crippen LogP contribution is -2.53. The van der Waals surface area contributed by atoms with Crippen molar-refractivity contribution in [2.45, 2.75) is 120 Å². The highest BCUT2D eigenvalue weighted by Gasteiger charge is 2.42. The summed E-state index contributed by atoms with van der Waals surface area (Å²) in [6.45, 7) is 5.53. The van der Waals surface area contributed by atoms with Crippen LogP contribution in [-0.2, 0) is 28.7 Å². The number of hydrogen-bond acceptors (Lipinski definition) is 10. The summed E-state index contributed by atoms with van der Waals surface area (Å²) in [5, 5.41) is 14.8. The van der Waals surface area contributed by atoms with E-state index in [4.69, 9.17) is 10.3 Å². The summed E-state index contributed by atoms with van der Waals surface area (Å²) in [4.78, 5) is 78.9. The van der Waals surface area contributed by atoms with Gasteiger partial charge in [-0.2, -0.15) is 28.3 Å². The van der Waals surface area contributed by atoms with Gasteiger partial charge in [-0.1, -0.05) is 12.8 Å². The lowest BCUT2D eigenvalue weighted by molar-refractivity contribution is -0.159. The topological polar surface area (TPSA) is 211 Å². The predicted octanol–water partition coefficient (Wildman–Crippen LogP) is 1.64. The molecule has 2 saturated heterocycles. The van der Waals surface area contributed by atoms with Crippen molar-refractivity contribution >= 4 is 65.2 Å². The fraction of sp³-hybridized carbons (Fsp3) is 0.788. The molecule has 0 aromatic heterocycles. The summed E-state index contributed by atoms with van der Waals surface area (Å²) < 4.78 is 5.43. The summed E-state index contributed by atoms with van der Waals surface area (Å²) in [5.74, 6) is 0.460. The average molecular weight is 741 g/mol. The maximum atomic E-state index is 13.3. The maximum absolute atomic E-state index is 13.3. The van der Waals surface area contributed by atoms with Crippen molar-refractivity contribution in [3.8, 4) is 0 Å². The molecule has 282 valence electrons. The van der Waals surface area contributed by atoms with Crippen LogP contribution < -0.4 is 26.6 Å². The van der Waals surface area contributed by atoms with E-state index in [2.05, 4.69) is 31.4 Å². The molecule has 5 N–H and O–H groups in total. The molecule has 0 aromatic rings.